The molecule has 1 saturated carbocycles. The number of nitrogens with zero attached hydrogens (tertiary/aromatic N) is 2. The summed E-state index contributed by atoms with van der Waals surface area (Å²) in [5.41, 5.74) is 6.14. The SMILES string of the molecule is N/C(CCN(C(=O)c1cc(I)ccc1Br)C1CC1)=N/O. The number of benzene rings is 1. The monoisotopic (exact) mass is 451 g/mol. The third-order valence-corrected chi connectivity index (χ3v) is 4.51. The maximum atomic E-state index is 12.6. The average Bonchev–Trinajstić information content (AvgIpc) is 3.25. The first-order valence-electron chi connectivity index (χ1n) is 6.25. The predicted octanol–water partition coefficient (Wildman–Crippen LogP) is 2.79. The molecule has 108 valence electrons. The van der Waals surface area contributed by atoms with Crippen LogP contribution in [0.1, 0.15) is 29.6 Å². The highest BCUT2D eigenvalue weighted by Gasteiger charge is 2.33. The van der Waals surface area contributed by atoms with Crippen LogP contribution in [0.3, 0.4) is 0 Å². The summed E-state index contributed by atoms with van der Waals surface area (Å²) in [6, 6.07) is 5.97. The van der Waals surface area contributed by atoms with Gasteiger partial charge in [0.05, 0.1) is 5.56 Å². The molecule has 1 aliphatic rings. The lowest BCUT2D eigenvalue weighted by Gasteiger charge is -2.23. The van der Waals surface area contributed by atoms with E-state index in [4.69, 9.17) is 10.9 Å². The Kier molecular flexibility index (Phi) is 5.25. The van der Waals surface area contributed by atoms with Crippen LogP contribution >= 0.6 is 38.5 Å². The minimum Gasteiger partial charge on any atom is -0.409 e. The van der Waals surface area contributed by atoms with E-state index in [1.54, 1.807) is 0 Å². The molecule has 0 aliphatic heterocycles. The third kappa shape index (κ3) is 3.85. The zero-order chi connectivity index (χ0) is 14.7. The van der Waals surface area contributed by atoms with Crippen molar-refractivity contribution in [2.75, 3.05) is 6.54 Å². The summed E-state index contributed by atoms with van der Waals surface area (Å²) < 4.78 is 1.80. The van der Waals surface area contributed by atoms with Crippen molar-refractivity contribution in [2.24, 2.45) is 10.9 Å². The Morgan fingerprint density at radius 1 is 1.55 bits per heavy atom. The fourth-order valence-corrected chi connectivity index (χ4v) is 2.84. The second-order valence-electron chi connectivity index (χ2n) is 4.70. The molecule has 3 N–H and O–H groups in total. The Bertz CT molecular complexity index is 546. The number of hydrogen-bond donors (Lipinski definition) is 2. The van der Waals surface area contributed by atoms with E-state index in [9.17, 15) is 4.79 Å². The molecule has 0 bridgehead atoms. The second-order valence-corrected chi connectivity index (χ2v) is 6.80. The van der Waals surface area contributed by atoms with Crippen LogP contribution in [0.5, 0.6) is 0 Å². The van der Waals surface area contributed by atoms with Gasteiger partial charge in [0, 0.05) is 27.1 Å². The molecule has 0 atom stereocenters. The summed E-state index contributed by atoms with van der Waals surface area (Å²) in [6.45, 7) is 0.470. The molecule has 2 rings (SSSR count). The lowest BCUT2D eigenvalue weighted by Crippen LogP contribution is -2.36. The first-order chi connectivity index (χ1) is 9.52. The van der Waals surface area contributed by atoms with Gasteiger partial charge in [0.2, 0.25) is 0 Å². The van der Waals surface area contributed by atoms with Crippen molar-refractivity contribution < 1.29 is 10.0 Å². The van der Waals surface area contributed by atoms with E-state index in [2.05, 4.69) is 43.7 Å². The Morgan fingerprint density at radius 2 is 2.25 bits per heavy atom. The van der Waals surface area contributed by atoms with Crippen LogP contribution in [0.4, 0.5) is 0 Å². The number of hydrogen-bond acceptors (Lipinski definition) is 3. The van der Waals surface area contributed by atoms with Gasteiger partial charge in [-0.05, 0) is 69.6 Å². The van der Waals surface area contributed by atoms with E-state index >= 15 is 0 Å². The molecule has 0 radical (unpaired) electrons. The predicted molar refractivity (Wildman–Crippen MR) is 88.9 cm³/mol. The number of amidine groups is 1. The van der Waals surface area contributed by atoms with Crippen molar-refractivity contribution in [3.8, 4) is 0 Å². The second kappa shape index (κ2) is 6.75. The fourth-order valence-electron chi connectivity index (χ4n) is 1.94. The van der Waals surface area contributed by atoms with Crippen LogP contribution in [0.25, 0.3) is 0 Å². The Labute approximate surface area is 139 Å². The van der Waals surface area contributed by atoms with Gasteiger partial charge in [0.15, 0.2) is 0 Å². The Morgan fingerprint density at radius 3 is 2.85 bits per heavy atom. The summed E-state index contributed by atoms with van der Waals surface area (Å²) in [7, 11) is 0. The molecule has 20 heavy (non-hydrogen) atoms. The highest BCUT2D eigenvalue weighted by atomic mass is 127. The summed E-state index contributed by atoms with van der Waals surface area (Å²) >= 11 is 5.61. The van der Waals surface area contributed by atoms with Crippen molar-refractivity contribution >= 4 is 50.3 Å². The molecule has 0 spiro atoms. The minimum atomic E-state index is -0.0105. The summed E-state index contributed by atoms with van der Waals surface area (Å²) in [4.78, 5) is 14.5. The lowest BCUT2D eigenvalue weighted by molar-refractivity contribution is 0.0746. The average molecular weight is 452 g/mol. The Hall–Kier alpha value is -0.830. The number of carbonyl (C=O) groups excluding carboxylic acids is 1. The van der Waals surface area contributed by atoms with Crippen molar-refractivity contribution in [3.05, 3.63) is 31.8 Å². The molecular weight excluding hydrogens is 437 g/mol. The molecule has 5 nitrogen and oxygen atoms in total. The van der Waals surface area contributed by atoms with E-state index in [1.807, 2.05) is 23.1 Å². The number of rotatable bonds is 5. The maximum absolute atomic E-state index is 12.6. The number of amides is 1. The standard InChI is InChI=1S/C13H15BrIN3O2/c14-11-4-1-8(15)7-10(11)13(19)18(9-2-3-9)6-5-12(16)17-20/h1,4,7,9,20H,2-3,5-6H2,(H2,16,17). The maximum Gasteiger partial charge on any atom is 0.255 e. The molecule has 7 heteroatoms. The number of nitrogens with two attached hydrogens (primary N) is 1. The first-order valence-corrected chi connectivity index (χ1v) is 8.12. The minimum absolute atomic E-state index is 0.0105. The molecule has 1 amide bonds. The molecule has 1 aliphatic carbocycles. The smallest absolute Gasteiger partial charge is 0.255 e. The van der Waals surface area contributed by atoms with Crippen molar-refractivity contribution in [2.45, 2.75) is 25.3 Å². The van der Waals surface area contributed by atoms with Crippen LogP contribution in [0.15, 0.2) is 27.8 Å². The highest BCUT2D eigenvalue weighted by molar-refractivity contribution is 14.1. The van der Waals surface area contributed by atoms with Gasteiger partial charge in [-0.3, -0.25) is 4.79 Å². The van der Waals surface area contributed by atoms with Gasteiger partial charge < -0.3 is 15.8 Å². The van der Waals surface area contributed by atoms with Crippen LogP contribution in [-0.2, 0) is 0 Å². The molecular formula is C13H15BrIN3O2. The molecule has 0 saturated heterocycles. The van der Waals surface area contributed by atoms with Crippen molar-refractivity contribution in [1.82, 2.24) is 4.90 Å². The van der Waals surface area contributed by atoms with Gasteiger partial charge in [-0.15, -0.1) is 0 Å². The van der Waals surface area contributed by atoms with E-state index in [1.165, 1.54) is 0 Å². The van der Waals surface area contributed by atoms with Crippen LogP contribution in [0.2, 0.25) is 0 Å². The molecule has 1 aromatic rings. The van der Waals surface area contributed by atoms with E-state index in [0.717, 1.165) is 20.9 Å². The summed E-state index contributed by atoms with van der Waals surface area (Å²) in [5.74, 6) is 0.133. The molecule has 0 aromatic heterocycles. The van der Waals surface area contributed by atoms with Crippen LogP contribution in [0, 0.1) is 3.57 Å². The van der Waals surface area contributed by atoms with Crippen LogP contribution < -0.4 is 5.73 Å². The number of oxime groups is 1. The molecule has 1 fully saturated rings. The quantitative estimate of drug-likeness (QED) is 0.237. The van der Waals surface area contributed by atoms with E-state index < -0.39 is 0 Å². The van der Waals surface area contributed by atoms with Gasteiger partial charge in [-0.2, -0.15) is 0 Å². The molecule has 1 aromatic carbocycles. The number of carbonyl (C=O) groups is 1. The Balaban J connectivity index is 2.16. The molecule has 0 heterocycles. The summed E-state index contributed by atoms with van der Waals surface area (Å²) in [6.07, 6.45) is 2.41. The normalized spacial score (nSPS) is 15.2. The van der Waals surface area contributed by atoms with Gasteiger partial charge in [0.1, 0.15) is 5.84 Å². The van der Waals surface area contributed by atoms with Crippen molar-refractivity contribution in [3.63, 3.8) is 0 Å². The molecule has 0 unspecified atom stereocenters. The van der Waals surface area contributed by atoms with Gasteiger partial charge in [-0.1, -0.05) is 5.16 Å². The first kappa shape index (κ1) is 15.6. The summed E-state index contributed by atoms with van der Waals surface area (Å²) in [5, 5.41) is 11.5. The number of halogens is 2. The zero-order valence-electron chi connectivity index (χ0n) is 10.7. The zero-order valence-corrected chi connectivity index (χ0v) is 14.5. The van der Waals surface area contributed by atoms with E-state index in [-0.39, 0.29) is 17.8 Å². The largest absolute Gasteiger partial charge is 0.409 e. The highest BCUT2D eigenvalue weighted by Crippen LogP contribution is 2.30. The third-order valence-electron chi connectivity index (χ3n) is 3.14. The fraction of sp³-hybridized carbons (Fsp3) is 0.385. The van der Waals surface area contributed by atoms with Gasteiger partial charge >= 0.3 is 0 Å². The lowest BCUT2D eigenvalue weighted by atomic mass is 10.2. The van der Waals surface area contributed by atoms with Gasteiger partial charge in [0.25, 0.3) is 5.91 Å². The van der Waals surface area contributed by atoms with E-state index in [0.29, 0.717) is 18.5 Å². The van der Waals surface area contributed by atoms with Crippen LogP contribution in [-0.4, -0.2) is 34.4 Å². The van der Waals surface area contributed by atoms with Crippen molar-refractivity contribution in [1.29, 1.82) is 0 Å². The topological polar surface area (TPSA) is 78.9 Å². The van der Waals surface area contributed by atoms with Gasteiger partial charge in [-0.25, -0.2) is 0 Å².